The average molecular weight is 302 g/mol. The van der Waals surface area contributed by atoms with Crippen molar-refractivity contribution < 1.29 is 17.6 Å². The van der Waals surface area contributed by atoms with E-state index >= 15 is 0 Å². The van der Waals surface area contributed by atoms with E-state index in [-0.39, 0.29) is 11.5 Å². The van der Waals surface area contributed by atoms with E-state index < -0.39 is 15.8 Å². The van der Waals surface area contributed by atoms with Crippen molar-refractivity contribution in [1.29, 1.82) is 0 Å². The summed E-state index contributed by atoms with van der Waals surface area (Å²) < 4.78 is 36.8. The van der Waals surface area contributed by atoms with Gasteiger partial charge in [0.1, 0.15) is 5.82 Å². The summed E-state index contributed by atoms with van der Waals surface area (Å²) in [5.41, 5.74) is 0.737. The molecule has 0 fully saturated rings. The highest BCUT2D eigenvalue weighted by Gasteiger charge is 2.11. The summed E-state index contributed by atoms with van der Waals surface area (Å²) in [7, 11) is -1.72. The highest BCUT2D eigenvalue weighted by atomic mass is 32.2. The van der Waals surface area contributed by atoms with Gasteiger partial charge in [0.2, 0.25) is 10.0 Å². The van der Waals surface area contributed by atoms with Gasteiger partial charge < -0.3 is 5.32 Å². The maximum Gasteiger partial charge on any atom is 0.251 e. The van der Waals surface area contributed by atoms with Crippen LogP contribution in [0.1, 0.15) is 22.3 Å². The molecule has 0 saturated carbocycles. The summed E-state index contributed by atoms with van der Waals surface area (Å²) in [5, 5.41) is 2.63. The molecular weight excluding hydrogens is 283 g/mol. The second kappa shape index (κ2) is 6.81. The van der Waals surface area contributed by atoms with Gasteiger partial charge in [0.25, 0.3) is 5.91 Å². The molecule has 7 heteroatoms. The standard InChI is InChI=1S/C13H19FN2O3S/c1-10-5-6-11(9-12(10)14)13(17)15-7-4-8-16(2)20(3,18)19/h5-6,9H,4,7-8H2,1-3H3,(H,15,17). The van der Waals surface area contributed by atoms with Crippen LogP contribution in [-0.2, 0) is 10.0 Å². The first kappa shape index (κ1) is 16.6. The predicted molar refractivity (Wildman–Crippen MR) is 75.6 cm³/mol. The van der Waals surface area contributed by atoms with Crippen LogP contribution in [0.15, 0.2) is 18.2 Å². The van der Waals surface area contributed by atoms with Gasteiger partial charge >= 0.3 is 0 Å². The second-order valence-corrected chi connectivity index (χ2v) is 6.75. The Morgan fingerprint density at radius 1 is 1.40 bits per heavy atom. The van der Waals surface area contributed by atoms with Crippen molar-refractivity contribution in [2.75, 3.05) is 26.4 Å². The van der Waals surface area contributed by atoms with Gasteiger partial charge in [-0.15, -0.1) is 0 Å². The van der Waals surface area contributed by atoms with Crippen molar-refractivity contribution >= 4 is 15.9 Å². The number of sulfonamides is 1. The van der Waals surface area contributed by atoms with Crippen molar-refractivity contribution in [3.05, 3.63) is 35.1 Å². The lowest BCUT2D eigenvalue weighted by molar-refractivity contribution is 0.0952. The van der Waals surface area contributed by atoms with E-state index in [0.29, 0.717) is 25.1 Å². The van der Waals surface area contributed by atoms with E-state index in [2.05, 4.69) is 5.32 Å². The number of aryl methyl sites for hydroxylation is 1. The molecule has 1 N–H and O–H groups in total. The minimum absolute atomic E-state index is 0.254. The van der Waals surface area contributed by atoms with Crippen LogP contribution in [0.2, 0.25) is 0 Å². The smallest absolute Gasteiger partial charge is 0.251 e. The average Bonchev–Trinajstić information content (AvgIpc) is 2.36. The largest absolute Gasteiger partial charge is 0.352 e. The number of benzene rings is 1. The number of carbonyl (C=O) groups is 1. The normalized spacial score (nSPS) is 11.7. The lowest BCUT2D eigenvalue weighted by atomic mass is 10.1. The highest BCUT2D eigenvalue weighted by Crippen LogP contribution is 2.08. The molecule has 20 heavy (non-hydrogen) atoms. The first-order valence-corrected chi connectivity index (χ1v) is 8.02. The monoisotopic (exact) mass is 302 g/mol. The van der Waals surface area contributed by atoms with Crippen LogP contribution in [0.25, 0.3) is 0 Å². The Morgan fingerprint density at radius 2 is 2.05 bits per heavy atom. The van der Waals surface area contributed by atoms with Gasteiger partial charge in [-0.2, -0.15) is 0 Å². The summed E-state index contributed by atoms with van der Waals surface area (Å²) in [6.07, 6.45) is 1.62. The van der Waals surface area contributed by atoms with E-state index in [4.69, 9.17) is 0 Å². The fourth-order valence-electron chi connectivity index (χ4n) is 1.51. The minimum Gasteiger partial charge on any atom is -0.352 e. The lowest BCUT2D eigenvalue weighted by Gasteiger charge is -2.13. The van der Waals surface area contributed by atoms with Crippen molar-refractivity contribution in [3.8, 4) is 0 Å². The summed E-state index contributed by atoms with van der Waals surface area (Å²) in [5.74, 6) is -0.791. The molecule has 0 saturated heterocycles. The molecule has 1 aromatic carbocycles. The van der Waals surface area contributed by atoms with Crippen LogP contribution >= 0.6 is 0 Å². The third kappa shape index (κ3) is 4.90. The number of amides is 1. The van der Waals surface area contributed by atoms with Gasteiger partial charge in [-0.1, -0.05) is 6.07 Å². The molecule has 0 radical (unpaired) electrons. The zero-order chi connectivity index (χ0) is 15.3. The zero-order valence-corrected chi connectivity index (χ0v) is 12.6. The Hall–Kier alpha value is -1.47. The third-order valence-corrected chi connectivity index (χ3v) is 4.25. The lowest BCUT2D eigenvalue weighted by Crippen LogP contribution is -2.31. The van der Waals surface area contributed by atoms with E-state index in [9.17, 15) is 17.6 Å². The molecule has 112 valence electrons. The SMILES string of the molecule is Cc1ccc(C(=O)NCCCN(C)S(C)(=O)=O)cc1F. The molecule has 0 unspecified atom stereocenters. The molecule has 0 spiro atoms. The molecule has 0 aliphatic rings. The topological polar surface area (TPSA) is 66.5 Å². The number of halogens is 1. The number of rotatable bonds is 6. The van der Waals surface area contributed by atoms with Gasteiger partial charge in [-0.25, -0.2) is 17.1 Å². The molecule has 0 aliphatic heterocycles. The molecular formula is C13H19FN2O3S. The molecule has 1 rings (SSSR count). The molecule has 0 atom stereocenters. The fraction of sp³-hybridized carbons (Fsp3) is 0.462. The van der Waals surface area contributed by atoms with Crippen LogP contribution in [0.4, 0.5) is 4.39 Å². The van der Waals surface area contributed by atoms with E-state index in [1.165, 1.54) is 17.4 Å². The molecule has 0 heterocycles. The summed E-state index contributed by atoms with van der Waals surface area (Å²) in [6.45, 7) is 2.27. The van der Waals surface area contributed by atoms with E-state index in [1.807, 2.05) is 0 Å². The number of hydrogen-bond donors (Lipinski definition) is 1. The van der Waals surface area contributed by atoms with Gasteiger partial charge in [-0.05, 0) is 31.0 Å². The fourth-order valence-corrected chi connectivity index (χ4v) is 1.97. The summed E-state index contributed by atoms with van der Waals surface area (Å²) in [6, 6.07) is 4.28. The van der Waals surface area contributed by atoms with Crippen molar-refractivity contribution in [2.45, 2.75) is 13.3 Å². The molecule has 1 aromatic rings. The van der Waals surface area contributed by atoms with Crippen LogP contribution in [-0.4, -0.2) is 45.0 Å². The van der Waals surface area contributed by atoms with Crippen LogP contribution in [0.3, 0.4) is 0 Å². The summed E-state index contributed by atoms with van der Waals surface area (Å²) >= 11 is 0. The zero-order valence-electron chi connectivity index (χ0n) is 11.8. The molecule has 0 aromatic heterocycles. The quantitative estimate of drug-likeness (QED) is 0.802. The number of carbonyl (C=O) groups excluding carboxylic acids is 1. The highest BCUT2D eigenvalue weighted by molar-refractivity contribution is 7.88. The molecule has 0 bridgehead atoms. The number of nitrogens with one attached hydrogen (secondary N) is 1. The van der Waals surface area contributed by atoms with Gasteiger partial charge in [0.15, 0.2) is 0 Å². The van der Waals surface area contributed by atoms with E-state index in [0.717, 1.165) is 6.26 Å². The first-order chi connectivity index (χ1) is 9.21. The Bertz CT molecular complexity index is 587. The summed E-state index contributed by atoms with van der Waals surface area (Å²) in [4.78, 5) is 11.7. The Kier molecular flexibility index (Phi) is 5.64. The van der Waals surface area contributed by atoms with Crippen LogP contribution < -0.4 is 5.32 Å². The van der Waals surface area contributed by atoms with Crippen molar-refractivity contribution in [3.63, 3.8) is 0 Å². The number of hydrogen-bond acceptors (Lipinski definition) is 3. The first-order valence-electron chi connectivity index (χ1n) is 6.17. The Morgan fingerprint density at radius 3 is 2.60 bits per heavy atom. The molecule has 0 aliphatic carbocycles. The Balaban J connectivity index is 2.42. The van der Waals surface area contributed by atoms with Gasteiger partial charge in [-0.3, -0.25) is 4.79 Å². The maximum absolute atomic E-state index is 13.3. The molecule has 1 amide bonds. The maximum atomic E-state index is 13.3. The minimum atomic E-state index is -3.20. The van der Waals surface area contributed by atoms with Gasteiger partial charge in [0, 0.05) is 25.7 Å². The second-order valence-electron chi connectivity index (χ2n) is 4.66. The Labute approximate surface area is 118 Å². The molecule has 5 nitrogen and oxygen atoms in total. The van der Waals surface area contributed by atoms with Crippen LogP contribution in [0.5, 0.6) is 0 Å². The third-order valence-electron chi connectivity index (χ3n) is 2.94. The van der Waals surface area contributed by atoms with Crippen molar-refractivity contribution in [2.24, 2.45) is 0 Å². The van der Waals surface area contributed by atoms with Crippen molar-refractivity contribution in [1.82, 2.24) is 9.62 Å². The number of nitrogens with zero attached hydrogens (tertiary/aromatic N) is 1. The van der Waals surface area contributed by atoms with E-state index in [1.54, 1.807) is 19.1 Å². The van der Waals surface area contributed by atoms with Gasteiger partial charge in [0.05, 0.1) is 6.26 Å². The van der Waals surface area contributed by atoms with Crippen LogP contribution in [0, 0.1) is 12.7 Å². The predicted octanol–water partition coefficient (Wildman–Crippen LogP) is 1.15.